The monoisotopic (exact) mass is 876 g/mol. The molecule has 3 heteroatoms. The van der Waals surface area contributed by atoms with E-state index in [1.807, 2.05) is 0 Å². The molecule has 0 radical (unpaired) electrons. The van der Waals surface area contributed by atoms with Crippen LogP contribution in [-0.4, -0.2) is 9.97 Å². The summed E-state index contributed by atoms with van der Waals surface area (Å²) in [6.45, 7) is 0. The minimum Gasteiger partial charge on any atom is -0.456 e. The molecule has 3 aliphatic carbocycles. The first-order valence-corrected chi connectivity index (χ1v) is 23.8. The van der Waals surface area contributed by atoms with E-state index in [1.165, 1.54) is 66.8 Å². The van der Waals surface area contributed by atoms with E-state index < -0.39 is 10.8 Å². The van der Waals surface area contributed by atoms with Gasteiger partial charge in [0.2, 0.25) is 0 Å². The fourth-order valence-electron chi connectivity index (χ4n) is 12.6. The largest absolute Gasteiger partial charge is 0.456 e. The predicted molar refractivity (Wildman–Crippen MR) is 279 cm³/mol. The molecule has 69 heavy (non-hydrogen) atoms. The third-order valence-electron chi connectivity index (χ3n) is 15.4. The van der Waals surface area contributed by atoms with E-state index in [9.17, 15) is 0 Å². The van der Waals surface area contributed by atoms with Crippen molar-refractivity contribution in [1.29, 1.82) is 0 Å². The average molecular weight is 877 g/mol. The second-order valence-electron chi connectivity index (χ2n) is 18.7. The van der Waals surface area contributed by atoms with Gasteiger partial charge >= 0.3 is 0 Å². The van der Waals surface area contributed by atoms with Crippen LogP contribution in [-0.2, 0) is 10.8 Å². The fourth-order valence-corrected chi connectivity index (χ4v) is 12.6. The molecule has 0 saturated heterocycles. The second-order valence-corrected chi connectivity index (χ2v) is 18.7. The predicted octanol–water partition coefficient (Wildman–Crippen LogP) is 16.1. The van der Waals surface area contributed by atoms with Crippen molar-refractivity contribution >= 4 is 21.9 Å². The number of hydrogen-bond acceptors (Lipinski definition) is 3. The molecule has 2 aromatic heterocycles. The van der Waals surface area contributed by atoms with Crippen LogP contribution >= 0.6 is 0 Å². The number of hydrogen-bond donors (Lipinski definition) is 0. The standard InChI is InChI=1S/C66H40N2O/c1-3-18-41(19-4-1)43-22-17-23-45(36-43)64-67-60(42-20-5-2-6-21-42)40-61(68-64)44-34-35-54-49(37-44)50-39-63-51(48-26-9-16-33-62(48)69-63)38-59(50)66(54)57-31-14-12-29-55(57)65(56-30-13-15-32-58(56)66)52-27-10-7-24-46(52)47-25-8-11-28-53(47)65/h1-40H. The van der Waals surface area contributed by atoms with E-state index in [1.54, 1.807) is 0 Å². The van der Waals surface area contributed by atoms with Crippen molar-refractivity contribution in [3.8, 4) is 67.3 Å². The van der Waals surface area contributed by atoms with Crippen LogP contribution in [0.25, 0.3) is 89.2 Å². The Morgan fingerprint density at radius 1 is 0.261 bits per heavy atom. The summed E-state index contributed by atoms with van der Waals surface area (Å²) in [6, 6.07) is 88.7. The maximum absolute atomic E-state index is 6.73. The van der Waals surface area contributed by atoms with Gasteiger partial charge in [0.1, 0.15) is 11.2 Å². The zero-order valence-electron chi connectivity index (χ0n) is 37.4. The molecule has 0 aliphatic heterocycles. The summed E-state index contributed by atoms with van der Waals surface area (Å²) in [7, 11) is 0. The fraction of sp³-hybridized carbons (Fsp3) is 0.0303. The van der Waals surface area contributed by atoms with Crippen molar-refractivity contribution in [1.82, 2.24) is 9.97 Å². The molecule has 2 heterocycles. The summed E-state index contributed by atoms with van der Waals surface area (Å²) in [4.78, 5) is 10.7. The van der Waals surface area contributed by atoms with Gasteiger partial charge in [0.15, 0.2) is 5.82 Å². The van der Waals surface area contributed by atoms with Gasteiger partial charge in [-0.15, -0.1) is 0 Å². The molecular formula is C66H40N2O. The van der Waals surface area contributed by atoms with Crippen molar-refractivity contribution in [3.63, 3.8) is 0 Å². The number of aromatic nitrogens is 2. The van der Waals surface area contributed by atoms with Crippen LogP contribution in [0.3, 0.4) is 0 Å². The van der Waals surface area contributed by atoms with E-state index in [2.05, 4.69) is 243 Å². The Hall–Kier alpha value is -8.92. The van der Waals surface area contributed by atoms with Crippen molar-refractivity contribution < 1.29 is 4.42 Å². The number of nitrogens with zero attached hydrogens (tertiary/aromatic N) is 2. The van der Waals surface area contributed by atoms with E-state index in [0.29, 0.717) is 5.82 Å². The maximum atomic E-state index is 6.73. The molecule has 2 spiro atoms. The smallest absolute Gasteiger partial charge is 0.160 e. The van der Waals surface area contributed by atoms with Crippen LogP contribution in [0.1, 0.15) is 44.5 Å². The summed E-state index contributed by atoms with van der Waals surface area (Å²) in [6.07, 6.45) is 0. The zero-order chi connectivity index (χ0) is 45.3. The third kappa shape index (κ3) is 5.16. The highest BCUT2D eigenvalue weighted by molar-refractivity contribution is 6.08. The molecule has 0 unspecified atom stereocenters. The SMILES string of the molecule is c1ccc(-c2cccc(-c3nc(-c4ccccc4)cc(-c4ccc5c(c4)-c4cc6oc7ccccc7c6cc4C54c5ccccc5C5(c6ccccc6-c6ccccc65)c5ccccc54)n3)c2)cc1. The first-order valence-electron chi connectivity index (χ1n) is 23.8. The van der Waals surface area contributed by atoms with Crippen LogP contribution in [0.4, 0.5) is 0 Å². The highest BCUT2D eigenvalue weighted by Gasteiger charge is 2.59. The lowest BCUT2D eigenvalue weighted by atomic mass is 9.52. The summed E-state index contributed by atoms with van der Waals surface area (Å²) < 4.78 is 6.73. The van der Waals surface area contributed by atoms with Crippen LogP contribution in [0.2, 0.25) is 0 Å². The molecular weight excluding hydrogens is 837 g/mol. The van der Waals surface area contributed by atoms with Crippen LogP contribution in [0, 0.1) is 0 Å². The molecule has 3 nitrogen and oxygen atoms in total. The first kappa shape index (κ1) is 38.2. The number of furan rings is 1. The lowest BCUT2D eigenvalue weighted by molar-refractivity contribution is 0.633. The van der Waals surface area contributed by atoms with Gasteiger partial charge in [-0.3, -0.25) is 0 Å². The molecule has 3 aliphatic rings. The molecule has 0 atom stereocenters. The number of para-hydroxylation sites is 1. The normalized spacial score (nSPS) is 14.0. The highest BCUT2D eigenvalue weighted by Crippen LogP contribution is 2.68. The topological polar surface area (TPSA) is 38.9 Å². The summed E-state index contributed by atoms with van der Waals surface area (Å²) in [5, 5.41) is 2.24. The lowest BCUT2D eigenvalue weighted by Crippen LogP contribution is -2.43. The molecule has 0 N–H and O–H groups in total. The number of benzene rings is 10. The Bertz CT molecular complexity index is 3990. The number of fused-ring (bicyclic) bond motifs is 19. The van der Waals surface area contributed by atoms with E-state index in [-0.39, 0.29) is 0 Å². The zero-order valence-corrected chi connectivity index (χ0v) is 37.4. The van der Waals surface area contributed by atoms with Crippen molar-refractivity contribution in [2.75, 3.05) is 0 Å². The van der Waals surface area contributed by atoms with Gasteiger partial charge in [0, 0.05) is 27.5 Å². The minimum atomic E-state index is -0.662. The van der Waals surface area contributed by atoms with Crippen LogP contribution in [0.5, 0.6) is 0 Å². The number of rotatable bonds is 4. The van der Waals surface area contributed by atoms with Crippen molar-refractivity contribution in [2.24, 2.45) is 0 Å². The molecule has 0 amide bonds. The van der Waals surface area contributed by atoms with Gasteiger partial charge in [0.25, 0.3) is 0 Å². The Labute approximate surface area is 399 Å². The molecule has 0 saturated carbocycles. The summed E-state index contributed by atoms with van der Waals surface area (Å²) in [5.74, 6) is 0.683. The average Bonchev–Trinajstić information content (AvgIpc) is 4.04. The van der Waals surface area contributed by atoms with Crippen LogP contribution in [0.15, 0.2) is 247 Å². The molecule has 320 valence electrons. The van der Waals surface area contributed by atoms with E-state index in [4.69, 9.17) is 14.4 Å². The Morgan fingerprint density at radius 3 is 1.42 bits per heavy atom. The van der Waals surface area contributed by atoms with Gasteiger partial charge in [0.05, 0.1) is 22.2 Å². The minimum absolute atomic E-state index is 0.524. The molecule has 12 aromatic rings. The van der Waals surface area contributed by atoms with Gasteiger partial charge in [-0.05, 0) is 114 Å². The quantitative estimate of drug-likeness (QED) is 0.177. The van der Waals surface area contributed by atoms with Crippen molar-refractivity contribution in [2.45, 2.75) is 10.8 Å². The molecule has 10 aromatic carbocycles. The molecule has 0 bridgehead atoms. The van der Waals surface area contributed by atoms with Crippen molar-refractivity contribution in [3.05, 3.63) is 287 Å². The van der Waals surface area contributed by atoms with Gasteiger partial charge < -0.3 is 4.42 Å². The third-order valence-corrected chi connectivity index (χ3v) is 15.4. The lowest BCUT2D eigenvalue weighted by Gasteiger charge is -2.48. The summed E-state index contributed by atoms with van der Waals surface area (Å²) in [5.41, 5.74) is 22.9. The van der Waals surface area contributed by atoms with Gasteiger partial charge in [-0.1, -0.05) is 206 Å². The second kappa shape index (κ2) is 14.3. The highest BCUT2D eigenvalue weighted by atomic mass is 16.3. The maximum Gasteiger partial charge on any atom is 0.160 e. The Balaban J connectivity index is 1.02. The van der Waals surface area contributed by atoms with E-state index >= 15 is 0 Å². The van der Waals surface area contributed by atoms with Crippen LogP contribution < -0.4 is 0 Å². The summed E-state index contributed by atoms with van der Waals surface area (Å²) >= 11 is 0. The molecule has 15 rings (SSSR count). The Kier molecular flexibility index (Phi) is 7.92. The van der Waals surface area contributed by atoms with Gasteiger partial charge in [-0.25, -0.2) is 9.97 Å². The Morgan fingerprint density at radius 2 is 0.754 bits per heavy atom. The first-order chi connectivity index (χ1) is 34.2. The van der Waals surface area contributed by atoms with E-state index in [0.717, 1.165) is 61.1 Å². The molecule has 0 fully saturated rings. The van der Waals surface area contributed by atoms with Gasteiger partial charge in [-0.2, -0.15) is 0 Å².